The molecule has 1 aliphatic heterocycles. The minimum atomic E-state index is -3.48. The SMILES string of the molecule is CC(C)C(=O)N1CCC(C)(CS(=O)(=O)c2ccc(OC/C(=C/F)CN)cc2)CC1. The topological polar surface area (TPSA) is 89.7 Å². The summed E-state index contributed by atoms with van der Waals surface area (Å²) in [5.41, 5.74) is 5.33. The Bertz CT molecular complexity index is 827. The zero-order chi connectivity index (χ0) is 21.7. The van der Waals surface area contributed by atoms with Gasteiger partial charge in [0.25, 0.3) is 0 Å². The highest BCUT2D eigenvalue weighted by Gasteiger charge is 2.36. The van der Waals surface area contributed by atoms with Gasteiger partial charge in [-0.1, -0.05) is 20.8 Å². The Morgan fingerprint density at radius 2 is 1.86 bits per heavy atom. The van der Waals surface area contributed by atoms with Gasteiger partial charge < -0.3 is 15.4 Å². The highest BCUT2D eigenvalue weighted by molar-refractivity contribution is 7.91. The molecule has 1 aromatic rings. The van der Waals surface area contributed by atoms with E-state index in [9.17, 15) is 17.6 Å². The average Bonchev–Trinajstić information content (AvgIpc) is 2.68. The van der Waals surface area contributed by atoms with Crippen LogP contribution in [0.15, 0.2) is 41.1 Å². The number of rotatable bonds is 8. The van der Waals surface area contributed by atoms with E-state index in [0.29, 0.717) is 43.6 Å². The first-order chi connectivity index (χ1) is 13.6. The molecule has 0 atom stereocenters. The van der Waals surface area contributed by atoms with Gasteiger partial charge in [0.1, 0.15) is 12.4 Å². The fourth-order valence-electron chi connectivity index (χ4n) is 3.37. The summed E-state index contributed by atoms with van der Waals surface area (Å²) in [5, 5.41) is 0. The van der Waals surface area contributed by atoms with E-state index >= 15 is 0 Å². The number of hydrogen-bond donors (Lipinski definition) is 1. The number of amides is 1. The molecule has 6 nitrogen and oxygen atoms in total. The molecular formula is C21H31FN2O4S. The van der Waals surface area contributed by atoms with Gasteiger partial charge in [0.2, 0.25) is 5.91 Å². The van der Waals surface area contributed by atoms with Crippen molar-refractivity contribution >= 4 is 15.7 Å². The van der Waals surface area contributed by atoms with Crippen molar-refractivity contribution in [1.29, 1.82) is 0 Å². The molecule has 0 saturated carbocycles. The predicted molar refractivity (Wildman–Crippen MR) is 111 cm³/mol. The Kier molecular flexibility index (Phi) is 7.82. The van der Waals surface area contributed by atoms with Crippen molar-refractivity contribution in [3.05, 3.63) is 36.2 Å². The molecule has 1 aliphatic rings. The molecule has 0 aromatic heterocycles. The highest BCUT2D eigenvalue weighted by Crippen LogP contribution is 2.35. The number of likely N-dealkylation sites (tertiary alicyclic amines) is 1. The maximum Gasteiger partial charge on any atom is 0.225 e. The van der Waals surface area contributed by atoms with E-state index in [0.717, 1.165) is 0 Å². The maximum atomic E-state index is 12.9. The molecule has 29 heavy (non-hydrogen) atoms. The summed E-state index contributed by atoms with van der Waals surface area (Å²) in [5.74, 6) is 0.547. The summed E-state index contributed by atoms with van der Waals surface area (Å²) < 4.78 is 43.8. The van der Waals surface area contributed by atoms with Crippen LogP contribution in [0.5, 0.6) is 5.75 Å². The molecule has 2 rings (SSSR count). The van der Waals surface area contributed by atoms with Crippen LogP contribution in [0, 0.1) is 11.3 Å². The lowest BCUT2D eigenvalue weighted by atomic mass is 9.82. The van der Waals surface area contributed by atoms with Crippen LogP contribution >= 0.6 is 0 Å². The van der Waals surface area contributed by atoms with Crippen LogP contribution in [0.2, 0.25) is 0 Å². The Morgan fingerprint density at radius 3 is 2.34 bits per heavy atom. The number of carbonyl (C=O) groups is 1. The molecule has 1 fully saturated rings. The van der Waals surface area contributed by atoms with Crippen molar-refractivity contribution in [2.24, 2.45) is 17.1 Å². The number of carbonyl (C=O) groups excluding carboxylic acids is 1. The van der Waals surface area contributed by atoms with E-state index in [-0.39, 0.29) is 41.0 Å². The third-order valence-electron chi connectivity index (χ3n) is 5.34. The summed E-state index contributed by atoms with van der Waals surface area (Å²) >= 11 is 0. The standard InChI is InChI=1S/C21H31FN2O4S/c1-16(2)20(25)24-10-8-21(3,9-11-24)15-29(26,27)19-6-4-18(5-7-19)28-14-17(12-22)13-23/h4-7,12,16H,8-11,13-15,23H2,1-3H3/b17-12+. The smallest absolute Gasteiger partial charge is 0.225 e. The molecule has 8 heteroatoms. The predicted octanol–water partition coefficient (Wildman–Crippen LogP) is 2.94. The van der Waals surface area contributed by atoms with Gasteiger partial charge in [-0.25, -0.2) is 12.8 Å². The lowest BCUT2D eigenvalue weighted by Crippen LogP contribution is -2.45. The van der Waals surface area contributed by atoms with Crippen molar-refractivity contribution in [2.45, 2.75) is 38.5 Å². The van der Waals surface area contributed by atoms with Gasteiger partial charge in [0.05, 0.1) is 17.0 Å². The number of nitrogens with zero attached hydrogens (tertiary/aromatic N) is 1. The summed E-state index contributed by atoms with van der Waals surface area (Å²) in [6.07, 6.45) is 1.73. The fourth-order valence-corrected chi connectivity index (χ4v) is 5.30. The largest absolute Gasteiger partial charge is 0.489 e. The molecule has 0 aliphatic carbocycles. The lowest BCUT2D eigenvalue weighted by Gasteiger charge is -2.39. The zero-order valence-corrected chi connectivity index (χ0v) is 18.2. The minimum Gasteiger partial charge on any atom is -0.489 e. The van der Waals surface area contributed by atoms with E-state index in [1.165, 1.54) is 12.1 Å². The third kappa shape index (κ3) is 6.27. The molecule has 0 unspecified atom stereocenters. The van der Waals surface area contributed by atoms with Gasteiger partial charge in [0, 0.05) is 31.1 Å². The first-order valence-corrected chi connectivity index (χ1v) is 11.5. The minimum absolute atomic E-state index is 0.0166. The van der Waals surface area contributed by atoms with Gasteiger partial charge in [0.15, 0.2) is 9.84 Å². The van der Waals surface area contributed by atoms with Crippen LogP contribution < -0.4 is 10.5 Å². The second-order valence-corrected chi connectivity index (χ2v) is 10.3. The fraction of sp³-hybridized carbons (Fsp3) is 0.571. The van der Waals surface area contributed by atoms with Crippen molar-refractivity contribution in [2.75, 3.05) is 32.0 Å². The Balaban J connectivity index is 1.99. The molecular weight excluding hydrogens is 395 g/mol. The number of nitrogens with two attached hydrogens (primary N) is 1. The van der Waals surface area contributed by atoms with Crippen molar-refractivity contribution in [3.63, 3.8) is 0 Å². The van der Waals surface area contributed by atoms with Crippen LogP contribution in [0.4, 0.5) is 4.39 Å². The quantitative estimate of drug-likeness (QED) is 0.690. The van der Waals surface area contributed by atoms with E-state index in [1.807, 2.05) is 25.7 Å². The van der Waals surface area contributed by atoms with E-state index < -0.39 is 9.84 Å². The summed E-state index contributed by atoms with van der Waals surface area (Å²) in [6.45, 7) is 6.96. The number of piperidine rings is 1. The van der Waals surface area contributed by atoms with Gasteiger partial charge in [-0.05, 0) is 42.5 Å². The monoisotopic (exact) mass is 426 g/mol. The van der Waals surface area contributed by atoms with Crippen LogP contribution in [0.25, 0.3) is 0 Å². The number of benzene rings is 1. The Morgan fingerprint density at radius 1 is 1.28 bits per heavy atom. The molecule has 0 bridgehead atoms. The number of halogens is 1. The molecule has 1 heterocycles. The first kappa shape index (κ1) is 23.3. The van der Waals surface area contributed by atoms with Crippen LogP contribution in [0.1, 0.15) is 33.6 Å². The summed E-state index contributed by atoms with van der Waals surface area (Å²) in [4.78, 5) is 14.2. The molecule has 1 aromatic carbocycles. The van der Waals surface area contributed by atoms with Crippen LogP contribution in [-0.4, -0.2) is 51.2 Å². The molecule has 1 saturated heterocycles. The lowest BCUT2D eigenvalue weighted by molar-refractivity contribution is -0.136. The van der Waals surface area contributed by atoms with E-state index in [4.69, 9.17) is 10.5 Å². The van der Waals surface area contributed by atoms with Crippen molar-refractivity contribution < 1.29 is 22.3 Å². The van der Waals surface area contributed by atoms with Crippen LogP contribution in [0.3, 0.4) is 0 Å². The molecule has 1 amide bonds. The molecule has 162 valence electrons. The van der Waals surface area contributed by atoms with Gasteiger partial charge >= 0.3 is 0 Å². The second-order valence-electron chi connectivity index (χ2n) is 8.28. The van der Waals surface area contributed by atoms with Gasteiger partial charge in [-0.3, -0.25) is 4.79 Å². The number of hydrogen-bond acceptors (Lipinski definition) is 5. The first-order valence-electron chi connectivity index (χ1n) is 9.83. The Hall–Kier alpha value is -1.93. The maximum absolute atomic E-state index is 12.9. The molecule has 0 radical (unpaired) electrons. The Labute approximate surface area is 172 Å². The van der Waals surface area contributed by atoms with Crippen molar-refractivity contribution in [3.8, 4) is 5.75 Å². The second kappa shape index (κ2) is 9.71. The summed E-state index contributed by atoms with van der Waals surface area (Å²) in [6, 6.07) is 6.14. The number of sulfone groups is 1. The van der Waals surface area contributed by atoms with E-state index in [2.05, 4.69) is 0 Å². The number of ether oxygens (including phenoxy) is 1. The van der Waals surface area contributed by atoms with Gasteiger partial charge in [-0.15, -0.1) is 0 Å². The van der Waals surface area contributed by atoms with E-state index in [1.54, 1.807) is 12.1 Å². The van der Waals surface area contributed by atoms with Crippen LogP contribution in [-0.2, 0) is 14.6 Å². The summed E-state index contributed by atoms with van der Waals surface area (Å²) in [7, 11) is -3.48. The average molecular weight is 427 g/mol. The molecule has 0 spiro atoms. The highest BCUT2D eigenvalue weighted by atomic mass is 32.2. The normalized spacial score (nSPS) is 17.4. The third-order valence-corrected chi connectivity index (χ3v) is 7.41. The van der Waals surface area contributed by atoms with Crippen molar-refractivity contribution in [1.82, 2.24) is 4.90 Å². The zero-order valence-electron chi connectivity index (χ0n) is 17.4. The van der Waals surface area contributed by atoms with Gasteiger partial charge in [-0.2, -0.15) is 0 Å². The molecule has 2 N–H and O–H groups in total.